The van der Waals surface area contributed by atoms with Crippen LogP contribution in [0.1, 0.15) is 5.56 Å². The first-order valence-corrected chi connectivity index (χ1v) is 5.65. The van der Waals surface area contributed by atoms with E-state index in [1.165, 1.54) is 0 Å². The maximum Gasteiger partial charge on any atom is 0.161 e. The van der Waals surface area contributed by atoms with Crippen molar-refractivity contribution in [3.8, 4) is 5.75 Å². The molecule has 3 nitrogen and oxygen atoms in total. The van der Waals surface area contributed by atoms with Gasteiger partial charge in [-0.25, -0.2) is 0 Å². The number of nitrogen functional groups attached to an aromatic ring is 1. The number of hydrogen-bond donors (Lipinski definition) is 1. The van der Waals surface area contributed by atoms with Gasteiger partial charge < -0.3 is 15.4 Å². The fourth-order valence-electron chi connectivity index (χ4n) is 2.08. The molecule has 0 bridgehead atoms. The maximum atomic E-state index is 5.97. The number of fused-ring (bicyclic) bond motifs is 1. The van der Waals surface area contributed by atoms with E-state index in [0.29, 0.717) is 6.73 Å². The van der Waals surface area contributed by atoms with Crippen molar-refractivity contribution in [2.45, 2.75) is 6.54 Å². The molecule has 0 radical (unpaired) electrons. The third-order valence-electron chi connectivity index (χ3n) is 3.02. The molecule has 2 N–H and O–H groups in total. The molecule has 1 heterocycles. The predicted octanol–water partition coefficient (Wildman–Crippen LogP) is 2.63. The summed E-state index contributed by atoms with van der Waals surface area (Å²) in [5.74, 6) is 0.900. The Hall–Kier alpha value is -2.16. The van der Waals surface area contributed by atoms with Crippen LogP contribution in [-0.4, -0.2) is 6.73 Å². The molecule has 3 heteroatoms. The smallest absolute Gasteiger partial charge is 0.161 e. The van der Waals surface area contributed by atoms with Crippen LogP contribution in [0.25, 0.3) is 0 Å². The largest absolute Gasteiger partial charge is 0.473 e. The third kappa shape index (κ3) is 1.80. The zero-order valence-electron chi connectivity index (χ0n) is 9.47. The number of para-hydroxylation sites is 1. The molecule has 0 fully saturated rings. The van der Waals surface area contributed by atoms with Crippen molar-refractivity contribution >= 4 is 11.4 Å². The lowest BCUT2D eigenvalue weighted by atomic mass is 10.1. The van der Waals surface area contributed by atoms with Gasteiger partial charge in [-0.1, -0.05) is 24.3 Å². The molecule has 0 aromatic heterocycles. The summed E-state index contributed by atoms with van der Waals surface area (Å²) in [5.41, 5.74) is 9.00. The van der Waals surface area contributed by atoms with Crippen molar-refractivity contribution in [1.82, 2.24) is 0 Å². The highest BCUT2D eigenvalue weighted by Gasteiger charge is 2.18. The summed E-state index contributed by atoms with van der Waals surface area (Å²) in [7, 11) is 0. The van der Waals surface area contributed by atoms with Crippen molar-refractivity contribution in [3.05, 3.63) is 54.1 Å². The van der Waals surface area contributed by atoms with Crippen LogP contribution >= 0.6 is 0 Å². The summed E-state index contributed by atoms with van der Waals surface area (Å²) in [6.45, 7) is 1.37. The van der Waals surface area contributed by atoms with E-state index in [-0.39, 0.29) is 0 Å². The first-order chi connectivity index (χ1) is 8.34. The monoisotopic (exact) mass is 226 g/mol. The average Bonchev–Trinajstić information content (AvgIpc) is 2.40. The van der Waals surface area contributed by atoms with E-state index in [9.17, 15) is 0 Å². The van der Waals surface area contributed by atoms with Crippen molar-refractivity contribution in [2.24, 2.45) is 0 Å². The lowest BCUT2D eigenvalue weighted by Crippen LogP contribution is -2.32. The lowest BCUT2D eigenvalue weighted by Gasteiger charge is -2.31. The van der Waals surface area contributed by atoms with E-state index < -0.39 is 0 Å². The van der Waals surface area contributed by atoms with Crippen molar-refractivity contribution in [1.29, 1.82) is 0 Å². The first kappa shape index (κ1) is 10.0. The van der Waals surface area contributed by atoms with Crippen LogP contribution in [-0.2, 0) is 6.54 Å². The summed E-state index contributed by atoms with van der Waals surface area (Å²) >= 11 is 0. The van der Waals surface area contributed by atoms with Crippen molar-refractivity contribution < 1.29 is 4.74 Å². The summed E-state index contributed by atoms with van der Waals surface area (Å²) in [4.78, 5) is 2.17. The molecule has 0 amide bonds. The number of rotatable bonds is 1. The zero-order chi connectivity index (χ0) is 11.7. The Morgan fingerprint density at radius 1 is 1.00 bits per heavy atom. The Morgan fingerprint density at radius 3 is 2.65 bits per heavy atom. The predicted molar refractivity (Wildman–Crippen MR) is 69.0 cm³/mol. The van der Waals surface area contributed by atoms with Gasteiger partial charge in [0, 0.05) is 16.9 Å². The normalized spacial score (nSPS) is 14.0. The molecule has 0 saturated heterocycles. The molecule has 17 heavy (non-hydrogen) atoms. The number of anilines is 2. The molecule has 1 aliphatic heterocycles. The third-order valence-corrected chi connectivity index (χ3v) is 3.02. The highest BCUT2D eigenvalue weighted by molar-refractivity contribution is 5.58. The van der Waals surface area contributed by atoms with Crippen LogP contribution in [0.2, 0.25) is 0 Å². The number of ether oxygens (including phenoxy) is 1. The van der Waals surface area contributed by atoms with E-state index in [1.807, 2.05) is 36.4 Å². The molecule has 0 spiro atoms. The molecule has 0 atom stereocenters. The molecule has 0 aliphatic carbocycles. The molecular formula is C14H14N2O. The SMILES string of the molecule is Nc1cccc2c1CN(c1ccccc1)CO2. The number of benzene rings is 2. The highest BCUT2D eigenvalue weighted by Crippen LogP contribution is 2.31. The Kier molecular flexibility index (Phi) is 2.37. The Labute approximate surface area is 100 Å². The van der Waals surface area contributed by atoms with Gasteiger partial charge in [-0.05, 0) is 24.3 Å². The summed E-state index contributed by atoms with van der Waals surface area (Å²) in [6.07, 6.45) is 0. The quantitative estimate of drug-likeness (QED) is 0.760. The van der Waals surface area contributed by atoms with Gasteiger partial charge >= 0.3 is 0 Å². The van der Waals surface area contributed by atoms with Crippen LogP contribution in [0.3, 0.4) is 0 Å². The standard InChI is InChI=1S/C14H14N2O/c15-13-7-4-8-14-12(13)9-16(10-17-14)11-5-2-1-3-6-11/h1-8H,9-10,15H2. The van der Waals surface area contributed by atoms with Gasteiger partial charge in [-0.15, -0.1) is 0 Å². The first-order valence-electron chi connectivity index (χ1n) is 5.65. The van der Waals surface area contributed by atoms with Crippen LogP contribution in [0.15, 0.2) is 48.5 Å². The van der Waals surface area contributed by atoms with E-state index in [2.05, 4.69) is 17.0 Å². The van der Waals surface area contributed by atoms with Crippen LogP contribution in [0.5, 0.6) is 5.75 Å². The zero-order valence-corrected chi connectivity index (χ0v) is 9.47. The molecule has 1 aliphatic rings. The molecule has 0 saturated carbocycles. The van der Waals surface area contributed by atoms with Gasteiger partial charge in [-0.3, -0.25) is 0 Å². The van der Waals surface area contributed by atoms with Gasteiger partial charge in [0.1, 0.15) is 5.75 Å². The fourth-order valence-corrected chi connectivity index (χ4v) is 2.08. The molecule has 0 unspecified atom stereocenters. The van der Waals surface area contributed by atoms with Crippen LogP contribution in [0, 0.1) is 0 Å². The van der Waals surface area contributed by atoms with E-state index in [0.717, 1.165) is 29.2 Å². The number of nitrogens with zero attached hydrogens (tertiary/aromatic N) is 1. The van der Waals surface area contributed by atoms with E-state index >= 15 is 0 Å². The lowest BCUT2D eigenvalue weighted by molar-refractivity contribution is 0.290. The van der Waals surface area contributed by atoms with Gasteiger partial charge in [0.25, 0.3) is 0 Å². The molecular weight excluding hydrogens is 212 g/mol. The Morgan fingerprint density at radius 2 is 1.82 bits per heavy atom. The summed E-state index contributed by atoms with van der Waals surface area (Å²) in [5, 5.41) is 0. The maximum absolute atomic E-state index is 5.97. The topological polar surface area (TPSA) is 38.5 Å². The Balaban J connectivity index is 1.93. The van der Waals surface area contributed by atoms with Gasteiger partial charge in [0.2, 0.25) is 0 Å². The van der Waals surface area contributed by atoms with E-state index in [1.54, 1.807) is 0 Å². The fraction of sp³-hybridized carbons (Fsp3) is 0.143. The van der Waals surface area contributed by atoms with E-state index in [4.69, 9.17) is 10.5 Å². The minimum absolute atomic E-state index is 0.570. The average molecular weight is 226 g/mol. The number of hydrogen-bond acceptors (Lipinski definition) is 3. The van der Waals surface area contributed by atoms with Gasteiger partial charge in [0.05, 0.1) is 6.54 Å². The minimum atomic E-state index is 0.570. The second-order valence-electron chi connectivity index (χ2n) is 4.13. The second kappa shape index (κ2) is 4.01. The van der Waals surface area contributed by atoms with Crippen molar-refractivity contribution in [2.75, 3.05) is 17.4 Å². The number of nitrogens with two attached hydrogens (primary N) is 1. The minimum Gasteiger partial charge on any atom is -0.473 e. The molecule has 2 aromatic carbocycles. The molecule has 86 valence electrons. The van der Waals surface area contributed by atoms with Gasteiger partial charge in [0.15, 0.2) is 6.73 Å². The second-order valence-corrected chi connectivity index (χ2v) is 4.13. The highest BCUT2D eigenvalue weighted by atomic mass is 16.5. The van der Waals surface area contributed by atoms with Crippen LogP contribution < -0.4 is 15.4 Å². The summed E-state index contributed by atoms with van der Waals surface area (Å²) in [6, 6.07) is 16.0. The summed E-state index contributed by atoms with van der Waals surface area (Å²) < 4.78 is 5.72. The van der Waals surface area contributed by atoms with Crippen LogP contribution in [0.4, 0.5) is 11.4 Å². The Bertz CT molecular complexity index is 525. The molecule has 3 rings (SSSR count). The van der Waals surface area contributed by atoms with Crippen molar-refractivity contribution in [3.63, 3.8) is 0 Å². The molecule has 2 aromatic rings. The van der Waals surface area contributed by atoms with Gasteiger partial charge in [-0.2, -0.15) is 0 Å².